The van der Waals surface area contributed by atoms with E-state index >= 15 is 0 Å². The fourth-order valence-corrected chi connectivity index (χ4v) is 3.94. The number of carbonyl (C=O) groups is 1. The highest BCUT2D eigenvalue weighted by atomic mass is 32.2. The topological polar surface area (TPSA) is 72.7 Å². The zero-order valence-electron chi connectivity index (χ0n) is 18.0. The van der Waals surface area contributed by atoms with Crippen molar-refractivity contribution in [1.29, 1.82) is 0 Å². The van der Waals surface area contributed by atoms with E-state index in [0.717, 1.165) is 11.8 Å². The monoisotopic (exact) mass is 523 g/mol. The summed E-state index contributed by atoms with van der Waals surface area (Å²) in [6.45, 7) is 0. The largest absolute Gasteiger partial charge is 0.416 e. The van der Waals surface area contributed by atoms with Gasteiger partial charge in [-0.05, 0) is 42.5 Å². The first-order valence-electron chi connectivity index (χ1n) is 10.2. The maximum absolute atomic E-state index is 13.1. The van der Waals surface area contributed by atoms with Crippen molar-refractivity contribution in [2.45, 2.75) is 17.5 Å². The standard InChI is InChI=1S/C23H15F6N5OS/c24-22(25,26)14-10-15(23(27,28)29)12-16(11-14)31-19(35)13-36-21-33-32-20(18-8-4-5-9-30-18)34(21)17-6-2-1-3-7-17/h1-12H,13H2,(H,31,35). The van der Waals surface area contributed by atoms with Crippen LogP contribution in [0.15, 0.2) is 78.1 Å². The summed E-state index contributed by atoms with van der Waals surface area (Å²) in [5.41, 5.74) is -2.50. The molecule has 1 N–H and O–H groups in total. The second-order valence-corrected chi connectivity index (χ2v) is 8.27. The van der Waals surface area contributed by atoms with Crippen LogP contribution in [-0.2, 0) is 17.1 Å². The predicted molar refractivity (Wildman–Crippen MR) is 120 cm³/mol. The van der Waals surface area contributed by atoms with Gasteiger partial charge in [0.1, 0.15) is 5.69 Å². The molecule has 4 rings (SSSR count). The van der Waals surface area contributed by atoms with Gasteiger partial charge in [0.25, 0.3) is 0 Å². The first-order chi connectivity index (χ1) is 17.0. The molecule has 0 spiro atoms. The molecule has 0 bridgehead atoms. The molecular weight excluding hydrogens is 508 g/mol. The Balaban J connectivity index is 1.58. The van der Waals surface area contributed by atoms with Crippen LogP contribution in [0.5, 0.6) is 0 Å². The molecule has 2 heterocycles. The molecule has 0 aliphatic carbocycles. The van der Waals surface area contributed by atoms with Crippen molar-refractivity contribution in [3.63, 3.8) is 0 Å². The van der Waals surface area contributed by atoms with Crippen LogP contribution in [0.25, 0.3) is 17.2 Å². The molecule has 0 saturated carbocycles. The van der Waals surface area contributed by atoms with E-state index in [1.54, 1.807) is 59.3 Å². The second-order valence-electron chi connectivity index (χ2n) is 7.32. The lowest BCUT2D eigenvalue weighted by atomic mass is 10.1. The Labute approximate surface area is 204 Å². The van der Waals surface area contributed by atoms with Gasteiger partial charge in [-0.2, -0.15) is 26.3 Å². The molecule has 0 saturated heterocycles. The number of hydrogen-bond acceptors (Lipinski definition) is 5. The predicted octanol–water partition coefficient (Wildman–Crippen LogP) is 6.10. The van der Waals surface area contributed by atoms with Gasteiger partial charge in [-0.1, -0.05) is 36.0 Å². The zero-order chi connectivity index (χ0) is 25.9. The van der Waals surface area contributed by atoms with Crippen molar-refractivity contribution in [3.8, 4) is 17.2 Å². The summed E-state index contributed by atoms with van der Waals surface area (Å²) in [6, 6.07) is 15.0. The number of carbonyl (C=O) groups excluding carboxylic acids is 1. The van der Waals surface area contributed by atoms with Gasteiger partial charge in [-0.3, -0.25) is 14.3 Å². The van der Waals surface area contributed by atoms with E-state index in [2.05, 4.69) is 20.5 Å². The van der Waals surface area contributed by atoms with E-state index in [9.17, 15) is 31.1 Å². The fraction of sp³-hybridized carbons (Fsp3) is 0.130. The second kappa shape index (κ2) is 10.0. The number of alkyl halides is 6. The molecule has 0 atom stereocenters. The third-order valence-corrected chi connectivity index (χ3v) is 5.67. The number of benzene rings is 2. The van der Waals surface area contributed by atoms with Crippen molar-refractivity contribution in [2.75, 3.05) is 11.1 Å². The van der Waals surface area contributed by atoms with Crippen LogP contribution in [0.3, 0.4) is 0 Å². The van der Waals surface area contributed by atoms with Gasteiger partial charge in [-0.25, -0.2) is 0 Å². The minimum atomic E-state index is -5.02. The number of rotatable bonds is 6. The van der Waals surface area contributed by atoms with Crippen LogP contribution in [0.2, 0.25) is 0 Å². The minimum absolute atomic E-state index is 0.00805. The quantitative estimate of drug-likeness (QED) is 0.244. The van der Waals surface area contributed by atoms with E-state index < -0.39 is 35.1 Å². The Bertz CT molecular complexity index is 1320. The van der Waals surface area contributed by atoms with E-state index in [-0.39, 0.29) is 17.0 Å². The Morgan fingerprint density at radius 1 is 0.861 bits per heavy atom. The zero-order valence-corrected chi connectivity index (χ0v) is 18.8. The maximum atomic E-state index is 13.1. The van der Waals surface area contributed by atoms with Crippen molar-refractivity contribution in [1.82, 2.24) is 19.7 Å². The summed E-state index contributed by atoms with van der Waals surface area (Å²) in [5.74, 6) is -0.794. The van der Waals surface area contributed by atoms with Crippen LogP contribution >= 0.6 is 11.8 Å². The highest BCUT2D eigenvalue weighted by Crippen LogP contribution is 2.37. The van der Waals surface area contributed by atoms with Gasteiger partial charge in [0, 0.05) is 17.6 Å². The number of nitrogens with zero attached hydrogens (tertiary/aromatic N) is 4. The van der Waals surface area contributed by atoms with Crippen LogP contribution < -0.4 is 5.32 Å². The van der Waals surface area contributed by atoms with Crippen molar-refractivity contribution in [2.24, 2.45) is 0 Å². The molecule has 36 heavy (non-hydrogen) atoms. The summed E-state index contributed by atoms with van der Waals surface area (Å²) in [7, 11) is 0. The van der Waals surface area contributed by atoms with Gasteiger partial charge in [0.15, 0.2) is 11.0 Å². The average Bonchev–Trinajstić information content (AvgIpc) is 3.26. The van der Waals surface area contributed by atoms with Crippen molar-refractivity contribution >= 4 is 23.4 Å². The molecule has 0 fully saturated rings. The summed E-state index contributed by atoms with van der Waals surface area (Å²) < 4.78 is 80.1. The number of aromatic nitrogens is 4. The lowest BCUT2D eigenvalue weighted by molar-refractivity contribution is -0.143. The smallest absolute Gasteiger partial charge is 0.325 e. The Hall–Kier alpha value is -3.87. The number of para-hydroxylation sites is 1. The molecule has 0 aliphatic rings. The molecular formula is C23H15F6N5OS. The van der Waals surface area contributed by atoms with Crippen LogP contribution in [0, 0.1) is 0 Å². The molecule has 0 unspecified atom stereocenters. The molecule has 0 aliphatic heterocycles. The van der Waals surface area contributed by atoms with Gasteiger partial charge in [0.05, 0.1) is 16.9 Å². The third-order valence-electron chi connectivity index (χ3n) is 4.75. The van der Waals surface area contributed by atoms with Crippen molar-refractivity contribution < 1.29 is 31.1 Å². The molecule has 4 aromatic rings. The molecule has 2 aromatic carbocycles. The van der Waals surface area contributed by atoms with Crippen LogP contribution in [0.1, 0.15) is 11.1 Å². The average molecular weight is 523 g/mol. The van der Waals surface area contributed by atoms with Gasteiger partial charge >= 0.3 is 12.4 Å². The lowest BCUT2D eigenvalue weighted by Crippen LogP contribution is -2.17. The highest BCUT2D eigenvalue weighted by Gasteiger charge is 2.37. The Morgan fingerprint density at radius 2 is 1.50 bits per heavy atom. The van der Waals surface area contributed by atoms with Crippen LogP contribution in [-0.4, -0.2) is 31.4 Å². The Kier molecular flexibility index (Phi) is 7.02. The molecule has 6 nitrogen and oxygen atoms in total. The number of nitrogens with one attached hydrogen (secondary N) is 1. The van der Waals surface area contributed by atoms with Gasteiger partial charge in [0.2, 0.25) is 5.91 Å². The lowest BCUT2D eigenvalue weighted by Gasteiger charge is -2.15. The van der Waals surface area contributed by atoms with Gasteiger partial charge in [-0.15, -0.1) is 10.2 Å². The summed E-state index contributed by atoms with van der Waals surface area (Å²) in [6.07, 6.45) is -8.48. The molecule has 0 radical (unpaired) electrons. The van der Waals surface area contributed by atoms with E-state index in [1.165, 1.54) is 0 Å². The van der Waals surface area contributed by atoms with E-state index in [0.29, 0.717) is 29.3 Å². The maximum Gasteiger partial charge on any atom is 0.416 e. The normalized spacial score (nSPS) is 11.9. The third kappa shape index (κ3) is 5.85. The molecule has 186 valence electrons. The van der Waals surface area contributed by atoms with Crippen molar-refractivity contribution in [3.05, 3.63) is 84.1 Å². The number of amides is 1. The summed E-state index contributed by atoms with van der Waals surface area (Å²) >= 11 is 0.909. The van der Waals surface area contributed by atoms with E-state index in [1.807, 2.05) is 0 Å². The fourth-order valence-electron chi connectivity index (χ4n) is 3.19. The number of hydrogen-bond donors (Lipinski definition) is 1. The number of anilines is 1. The van der Waals surface area contributed by atoms with E-state index in [4.69, 9.17) is 0 Å². The number of thioether (sulfide) groups is 1. The summed E-state index contributed by atoms with van der Waals surface area (Å²) in [4.78, 5) is 16.7. The number of pyridine rings is 1. The SMILES string of the molecule is O=C(CSc1nnc(-c2ccccn2)n1-c1ccccc1)Nc1cc(C(F)(F)F)cc(C(F)(F)F)c1. The Morgan fingerprint density at radius 3 is 2.08 bits per heavy atom. The molecule has 13 heteroatoms. The number of halogens is 6. The highest BCUT2D eigenvalue weighted by molar-refractivity contribution is 7.99. The van der Waals surface area contributed by atoms with Crippen LogP contribution in [0.4, 0.5) is 32.0 Å². The first-order valence-corrected chi connectivity index (χ1v) is 11.2. The summed E-state index contributed by atoms with van der Waals surface area (Å²) in [5, 5.41) is 10.6. The first kappa shape index (κ1) is 25.2. The minimum Gasteiger partial charge on any atom is -0.325 e. The van der Waals surface area contributed by atoms with Gasteiger partial charge < -0.3 is 5.32 Å². The molecule has 1 amide bonds. The molecule has 2 aromatic heterocycles.